The fraction of sp³-hybridized carbons (Fsp3) is 0.417. The summed E-state index contributed by atoms with van der Waals surface area (Å²) in [4.78, 5) is 29.8. The minimum absolute atomic E-state index is 0.00405. The molecule has 1 aromatic carbocycles. The van der Waals surface area contributed by atoms with Crippen LogP contribution in [-0.4, -0.2) is 61.4 Å². The van der Waals surface area contributed by atoms with E-state index in [-0.39, 0.29) is 11.8 Å². The molecule has 2 aliphatic heterocycles. The van der Waals surface area contributed by atoms with Crippen LogP contribution >= 0.6 is 0 Å². The number of amides is 2. The van der Waals surface area contributed by atoms with Crippen molar-refractivity contribution in [3.05, 3.63) is 58.6 Å². The van der Waals surface area contributed by atoms with Gasteiger partial charge in [0.2, 0.25) is 0 Å². The number of benzene rings is 1. The molecule has 3 rings (SSSR count). The fourth-order valence-corrected chi connectivity index (χ4v) is 4.01. The number of nitrogens with one attached hydrogen (secondary N) is 2. The SMILES string of the molecule is CCN(CC)CCN1CCC=C(/C(C)=C(/C=C2\C(=O)Nc3ccc(F)cc32)NC)C1=O. The highest BCUT2D eigenvalue weighted by atomic mass is 19.1. The molecular formula is C24H31FN4O2. The molecule has 2 N–H and O–H groups in total. The molecule has 7 heteroatoms. The molecule has 1 aromatic rings. The number of hydrogen-bond donors (Lipinski definition) is 2. The molecule has 0 aliphatic carbocycles. The molecule has 166 valence electrons. The Morgan fingerprint density at radius 3 is 2.71 bits per heavy atom. The predicted octanol–water partition coefficient (Wildman–Crippen LogP) is 3.16. The van der Waals surface area contributed by atoms with Crippen molar-refractivity contribution in [2.75, 3.05) is 45.1 Å². The van der Waals surface area contributed by atoms with Gasteiger partial charge in [-0.1, -0.05) is 19.9 Å². The topological polar surface area (TPSA) is 64.7 Å². The van der Waals surface area contributed by atoms with Gasteiger partial charge in [-0.15, -0.1) is 0 Å². The van der Waals surface area contributed by atoms with Crippen molar-refractivity contribution in [1.82, 2.24) is 15.1 Å². The van der Waals surface area contributed by atoms with E-state index in [1.54, 1.807) is 19.2 Å². The number of allylic oxidation sites excluding steroid dienone is 1. The van der Waals surface area contributed by atoms with Crippen molar-refractivity contribution in [2.24, 2.45) is 0 Å². The van der Waals surface area contributed by atoms with Crippen molar-refractivity contribution >= 4 is 23.1 Å². The molecule has 0 saturated heterocycles. The maximum absolute atomic E-state index is 13.7. The van der Waals surface area contributed by atoms with Crippen LogP contribution in [0, 0.1) is 5.82 Å². The molecule has 0 atom stereocenters. The summed E-state index contributed by atoms with van der Waals surface area (Å²) in [5, 5.41) is 5.86. The first-order valence-electron chi connectivity index (χ1n) is 10.8. The smallest absolute Gasteiger partial charge is 0.256 e. The molecule has 2 heterocycles. The van der Waals surface area contributed by atoms with Crippen LogP contribution in [0.2, 0.25) is 0 Å². The lowest BCUT2D eigenvalue weighted by Gasteiger charge is -2.30. The molecule has 0 unspecified atom stereocenters. The maximum atomic E-state index is 13.7. The van der Waals surface area contributed by atoms with E-state index in [4.69, 9.17) is 0 Å². The second-order valence-corrected chi connectivity index (χ2v) is 7.72. The molecule has 0 radical (unpaired) electrons. The largest absolute Gasteiger partial charge is 0.388 e. The zero-order chi connectivity index (χ0) is 22.5. The van der Waals surface area contributed by atoms with Crippen molar-refractivity contribution in [3.63, 3.8) is 0 Å². The number of nitrogens with zero attached hydrogens (tertiary/aromatic N) is 2. The standard InChI is InChI=1S/C24H31FN4O2/c1-5-28(6-2)12-13-29-11-7-8-18(24(29)31)16(3)22(26-4)15-20-19-14-17(25)9-10-21(19)27-23(20)30/h8-10,14-15,26H,5-7,11-13H2,1-4H3,(H,27,30)/b20-15-,22-16-. The van der Waals surface area contributed by atoms with E-state index in [1.165, 1.54) is 12.1 Å². The van der Waals surface area contributed by atoms with Crippen molar-refractivity contribution < 1.29 is 14.0 Å². The third-order valence-electron chi connectivity index (χ3n) is 5.98. The monoisotopic (exact) mass is 426 g/mol. The van der Waals surface area contributed by atoms with E-state index in [2.05, 4.69) is 29.4 Å². The minimum atomic E-state index is -0.401. The van der Waals surface area contributed by atoms with E-state index < -0.39 is 5.82 Å². The van der Waals surface area contributed by atoms with Crippen LogP contribution in [0.15, 0.2) is 47.2 Å². The lowest BCUT2D eigenvalue weighted by molar-refractivity contribution is -0.127. The summed E-state index contributed by atoms with van der Waals surface area (Å²) in [6.07, 6.45) is 4.45. The number of rotatable bonds is 8. The Bertz CT molecular complexity index is 960. The Balaban J connectivity index is 1.88. The van der Waals surface area contributed by atoms with Gasteiger partial charge in [-0.25, -0.2) is 4.39 Å². The molecule has 31 heavy (non-hydrogen) atoms. The molecular weight excluding hydrogens is 395 g/mol. The summed E-state index contributed by atoms with van der Waals surface area (Å²) in [5.41, 5.74) is 3.56. The van der Waals surface area contributed by atoms with Gasteiger partial charge in [-0.2, -0.15) is 0 Å². The molecule has 0 aromatic heterocycles. The van der Waals surface area contributed by atoms with E-state index >= 15 is 0 Å². The van der Waals surface area contributed by atoms with Gasteiger partial charge in [0.15, 0.2) is 0 Å². The van der Waals surface area contributed by atoms with Crippen molar-refractivity contribution in [3.8, 4) is 0 Å². The number of likely N-dealkylation sites (N-methyl/N-ethyl adjacent to an activating group) is 2. The van der Waals surface area contributed by atoms with Gasteiger partial charge in [-0.05, 0) is 56.3 Å². The Morgan fingerprint density at radius 1 is 1.29 bits per heavy atom. The summed E-state index contributed by atoms with van der Waals surface area (Å²) >= 11 is 0. The zero-order valence-electron chi connectivity index (χ0n) is 18.7. The number of halogens is 1. The first-order valence-corrected chi connectivity index (χ1v) is 10.8. The van der Waals surface area contributed by atoms with Crippen LogP contribution in [0.3, 0.4) is 0 Å². The van der Waals surface area contributed by atoms with Crippen LogP contribution < -0.4 is 10.6 Å². The molecule has 0 saturated carbocycles. The Labute approximate surface area is 183 Å². The minimum Gasteiger partial charge on any atom is -0.388 e. The first-order chi connectivity index (χ1) is 14.9. The van der Waals surface area contributed by atoms with Crippen LogP contribution in [0.4, 0.5) is 10.1 Å². The summed E-state index contributed by atoms with van der Waals surface area (Å²) in [6, 6.07) is 4.22. The highest BCUT2D eigenvalue weighted by Gasteiger charge is 2.27. The highest BCUT2D eigenvalue weighted by Crippen LogP contribution is 2.33. The van der Waals surface area contributed by atoms with E-state index in [0.717, 1.165) is 31.6 Å². The van der Waals surface area contributed by atoms with Gasteiger partial charge in [0.1, 0.15) is 5.82 Å². The average molecular weight is 427 g/mol. The normalized spacial score (nSPS) is 18.2. The van der Waals surface area contributed by atoms with Gasteiger partial charge >= 0.3 is 0 Å². The van der Waals surface area contributed by atoms with Crippen molar-refractivity contribution in [1.29, 1.82) is 0 Å². The molecule has 2 amide bonds. The number of hydrogen-bond acceptors (Lipinski definition) is 4. The predicted molar refractivity (Wildman–Crippen MR) is 122 cm³/mol. The van der Waals surface area contributed by atoms with Gasteiger partial charge in [0, 0.05) is 49.2 Å². The lowest BCUT2D eigenvalue weighted by atomic mass is 9.97. The Morgan fingerprint density at radius 2 is 2.03 bits per heavy atom. The molecule has 6 nitrogen and oxygen atoms in total. The van der Waals surface area contributed by atoms with Crippen molar-refractivity contribution in [2.45, 2.75) is 27.2 Å². The van der Waals surface area contributed by atoms with Crippen LogP contribution in [0.5, 0.6) is 0 Å². The Hall–Kier alpha value is -2.93. The van der Waals surface area contributed by atoms with E-state index in [0.29, 0.717) is 41.2 Å². The molecule has 0 spiro atoms. The first kappa shape index (κ1) is 22.7. The van der Waals surface area contributed by atoms with E-state index in [1.807, 2.05) is 17.9 Å². The third kappa shape index (κ3) is 4.88. The molecule has 0 fully saturated rings. The second kappa shape index (κ2) is 9.92. The summed E-state index contributed by atoms with van der Waals surface area (Å²) in [6.45, 7) is 10.3. The highest BCUT2D eigenvalue weighted by molar-refractivity contribution is 6.31. The fourth-order valence-electron chi connectivity index (χ4n) is 4.01. The Kier molecular flexibility index (Phi) is 7.28. The summed E-state index contributed by atoms with van der Waals surface area (Å²) in [7, 11) is 1.75. The summed E-state index contributed by atoms with van der Waals surface area (Å²) < 4.78 is 13.7. The van der Waals surface area contributed by atoms with Gasteiger partial charge in [-0.3, -0.25) is 9.59 Å². The van der Waals surface area contributed by atoms with Gasteiger partial charge in [0.25, 0.3) is 11.8 Å². The number of carbonyl (C=O) groups excluding carboxylic acids is 2. The van der Waals surface area contributed by atoms with Crippen LogP contribution in [0.1, 0.15) is 32.8 Å². The average Bonchev–Trinajstić information content (AvgIpc) is 3.07. The number of carbonyl (C=O) groups is 2. The quantitative estimate of drug-likeness (QED) is 0.627. The summed E-state index contributed by atoms with van der Waals surface area (Å²) in [5.74, 6) is -0.683. The molecule has 0 bridgehead atoms. The third-order valence-corrected chi connectivity index (χ3v) is 5.98. The van der Waals surface area contributed by atoms with Crippen LogP contribution in [0.25, 0.3) is 5.57 Å². The second-order valence-electron chi connectivity index (χ2n) is 7.72. The molecule has 2 aliphatic rings. The van der Waals surface area contributed by atoms with Crippen LogP contribution in [-0.2, 0) is 9.59 Å². The van der Waals surface area contributed by atoms with Gasteiger partial charge < -0.3 is 20.4 Å². The lowest BCUT2D eigenvalue weighted by Crippen LogP contribution is -2.41. The number of anilines is 1. The maximum Gasteiger partial charge on any atom is 0.256 e. The van der Waals surface area contributed by atoms with E-state index in [9.17, 15) is 14.0 Å². The number of fused-ring (bicyclic) bond motifs is 1. The van der Waals surface area contributed by atoms with Gasteiger partial charge in [0.05, 0.1) is 5.57 Å². The zero-order valence-corrected chi connectivity index (χ0v) is 18.7.